The summed E-state index contributed by atoms with van der Waals surface area (Å²) in [7, 11) is -4.10. The SMILES string of the molecule is CCCCCCOC(=O)N[C@@H](CC1CCCCC1)C(=O)N[C@@H](CCC(=O)N1CCOc2ccccc2C1)C(O)P(=O)(OCC)OCC. The first kappa shape index (κ1) is 38.8. The molecule has 0 radical (unpaired) electrons. The molecule has 3 amide bonds. The Bertz CT molecular complexity index is 1150. The van der Waals surface area contributed by atoms with Crippen LogP contribution in [0.4, 0.5) is 4.79 Å². The van der Waals surface area contributed by atoms with Gasteiger partial charge in [-0.2, -0.15) is 0 Å². The van der Waals surface area contributed by atoms with Crippen LogP contribution in [0.3, 0.4) is 0 Å². The van der Waals surface area contributed by atoms with E-state index in [9.17, 15) is 24.1 Å². The van der Waals surface area contributed by atoms with Gasteiger partial charge >= 0.3 is 13.7 Å². The van der Waals surface area contributed by atoms with Crippen LogP contribution in [0.2, 0.25) is 0 Å². The molecule has 0 saturated heterocycles. The Balaban J connectivity index is 1.76. The molecular weight excluding hydrogens is 625 g/mol. The van der Waals surface area contributed by atoms with Crippen molar-refractivity contribution in [1.82, 2.24) is 15.5 Å². The molecule has 1 aromatic rings. The molecule has 3 N–H and O–H groups in total. The number of hydrogen-bond donors (Lipinski definition) is 3. The number of aliphatic hydroxyl groups is 1. The van der Waals surface area contributed by atoms with E-state index in [2.05, 4.69) is 17.6 Å². The molecule has 47 heavy (non-hydrogen) atoms. The Morgan fingerprint density at radius 2 is 1.74 bits per heavy atom. The summed E-state index contributed by atoms with van der Waals surface area (Å²) in [5.41, 5.74) is 0.884. The molecule has 1 aliphatic heterocycles. The third-order valence-corrected chi connectivity index (χ3v) is 11.0. The first-order valence-corrected chi connectivity index (χ1v) is 19.1. The number of carbonyl (C=O) groups is 3. The average Bonchev–Trinajstić information content (AvgIpc) is 3.29. The number of nitrogens with one attached hydrogen (secondary N) is 2. The number of carbonyl (C=O) groups excluding carboxylic acids is 3. The molecular formula is C34H56N3O9P. The van der Waals surface area contributed by atoms with Crippen LogP contribution in [0.5, 0.6) is 5.75 Å². The number of amides is 3. The Morgan fingerprint density at radius 3 is 2.45 bits per heavy atom. The number of fused-ring (bicyclic) bond motifs is 1. The van der Waals surface area contributed by atoms with Crippen molar-refractivity contribution in [2.75, 3.05) is 33.0 Å². The molecule has 12 nitrogen and oxygen atoms in total. The van der Waals surface area contributed by atoms with Crippen LogP contribution in [-0.4, -0.2) is 78.8 Å². The predicted molar refractivity (Wildman–Crippen MR) is 179 cm³/mol. The molecule has 2 aliphatic rings. The molecule has 0 bridgehead atoms. The molecule has 3 rings (SSSR count). The Labute approximate surface area is 280 Å². The largest absolute Gasteiger partial charge is 0.491 e. The number of ether oxygens (including phenoxy) is 2. The second-order valence-corrected chi connectivity index (χ2v) is 14.5. The molecule has 1 heterocycles. The lowest BCUT2D eigenvalue weighted by Gasteiger charge is -2.32. The molecule has 1 aromatic carbocycles. The highest BCUT2D eigenvalue weighted by Gasteiger charge is 2.42. The summed E-state index contributed by atoms with van der Waals surface area (Å²) in [5.74, 6) is -1.53. The van der Waals surface area contributed by atoms with Crippen LogP contribution in [0, 0.1) is 5.92 Å². The molecule has 3 atom stereocenters. The summed E-state index contributed by atoms with van der Waals surface area (Å²) >= 11 is 0. The summed E-state index contributed by atoms with van der Waals surface area (Å²) < 4.78 is 35.7. The highest BCUT2D eigenvalue weighted by Crippen LogP contribution is 2.53. The molecule has 1 saturated carbocycles. The van der Waals surface area contributed by atoms with Crippen molar-refractivity contribution in [2.24, 2.45) is 5.92 Å². The Hall–Kier alpha value is -2.66. The van der Waals surface area contributed by atoms with E-state index in [1.165, 1.54) is 0 Å². The van der Waals surface area contributed by atoms with Crippen LogP contribution >= 0.6 is 7.60 Å². The number of benzene rings is 1. The maximum Gasteiger partial charge on any atom is 0.407 e. The van der Waals surface area contributed by atoms with Crippen molar-refractivity contribution in [3.05, 3.63) is 29.8 Å². The standard InChI is InChI=1S/C34H56N3O9P/c1-4-7-8-14-22-44-34(41)36-29(24-26-15-10-9-11-16-26)32(39)35-28(33(40)47(42,45-5-2)46-6-3)19-20-31(38)37-21-23-43-30-18-13-12-17-27(30)25-37/h12-13,17-18,26,28-29,33,40H,4-11,14-16,19-25H2,1-3H3,(H,35,39)(H,36,41)/t28-,29-,33?/m0/s1. The van der Waals surface area contributed by atoms with E-state index < -0.39 is 37.5 Å². The first-order valence-electron chi connectivity index (χ1n) is 17.5. The van der Waals surface area contributed by atoms with Crippen LogP contribution in [0.25, 0.3) is 0 Å². The zero-order valence-electron chi connectivity index (χ0n) is 28.5. The Morgan fingerprint density at radius 1 is 1.02 bits per heavy atom. The second kappa shape index (κ2) is 20.6. The highest BCUT2D eigenvalue weighted by molar-refractivity contribution is 7.54. The van der Waals surface area contributed by atoms with Gasteiger partial charge in [-0.3, -0.25) is 14.2 Å². The predicted octanol–water partition coefficient (Wildman–Crippen LogP) is 5.90. The van der Waals surface area contributed by atoms with E-state index in [4.69, 9.17) is 18.5 Å². The molecule has 1 aliphatic carbocycles. The maximum absolute atomic E-state index is 13.9. The monoisotopic (exact) mass is 681 g/mol. The third kappa shape index (κ3) is 12.7. The summed E-state index contributed by atoms with van der Waals surface area (Å²) in [6, 6.07) is 5.44. The van der Waals surface area contributed by atoms with Crippen molar-refractivity contribution < 1.29 is 42.6 Å². The summed E-state index contributed by atoms with van der Waals surface area (Å²) in [6.45, 7) is 6.71. The van der Waals surface area contributed by atoms with Crippen LogP contribution in [-0.2, 0) is 34.5 Å². The molecule has 1 unspecified atom stereocenters. The topological polar surface area (TPSA) is 153 Å². The van der Waals surface area contributed by atoms with E-state index in [0.717, 1.165) is 69.1 Å². The van der Waals surface area contributed by atoms with Gasteiger partial charge in [0, 0.05) is 18.5 Å². The number of aliphatic hydroxyl groups excluding tert-OH is 1. The van der Waals surface area contributed by atoms with Crippen LogP contribution < -0.4 is 15.4 Å². The zero-order chi connectivity index (χ0) is 34.1. The molecule has 1 fully saturated rings. The molecule has 13 heteroatoms. The van der Waals surface area contributed by atoms with Gasteiger partial charge in [0.1, 0.15) is 18.4 Å². The van der Waals surface area contributed by atoms with Gasteiger partial charge < -0.3 is 39.2 Å². The van der Waals surface area contributed by atoms with Gasteiger partial charge in [0.2, 0.25) is 11.8 Å². The second-order valence-electron chi connectivity index (χ2n) is 12.3. The van der Waals surface area contributed by atoms with E-state index in [0.29, 0.717) is 26.1 Å². The van der Waals surface area contributed by atoms with Crippen molar-refractivity contribution in [2.45, 2.75) is 122 Å². The van der Waals surface area contributed by atoms with Crippen molar-refractivity contribution in [3.63, 3.8) is 0 Å². The van der Waals surface area contributed by atoms with Gasteiger partial charge in [-0.05, 0) is 45.1 Å². The minimum atomic E-state index is -4.10. The van der Waals surface area contributed by atoms with E-state index in [1.54, 1.807) is 18.7 Å². The van der Waals surface area contributed by atoms with E-state index >= 15 is 0 Å². The number of unbranched alkanes of at least 4 members (excludes halogenated alkanes) is 3. The lowest BCUT2D eigenvalue weighted by atomic mass is 9.84. The summed E-state index contributed by atoms with van der Waals surface area (Å²) in [6.07, 6.45) is 8.59. The minimum Gasteiger partial charge on any atom is -0.491 e. The molecule has 266 valence electrons. The normalized spacial score (nSPS) is 17.4. The van der Waals surface area contributed by atoms with Crippen molar-refractivity contribution in [1.29, 1.82) is 0 Å². The number of rotatable bonds is 19. The lowest BCUT2D eigenvalue weighted by molar-refractivity contribution is -0.133. The number of nitrogens with zero attached hydrogens (tertiary/aromatic N) is 1. The van der Waals surface area contributed by atoms with Gasteiger partial charge in [0.05, 0.1) is 32.4 Å². The van der Waals surface area contributed by atoms with Crippen molar-refractivity contribution >= 4 is 25.5 Å². The van der Waals surface area contributed by atoms with E-state index in [1.807, 2.05) is 24.3 Å². The fourth-order valence-electron chi connectivity index (χ4n) is 6.19. The van der Waals surface area contributed by atoms with E-state index in [-0.39, 0.29) is 44.5 Å². The summed E-state index contributed by atoms with van der Waals surface area (Å²) in [4.78, 5) is 41.8. The van der Waals surface area contributed by atoms with Gasteiger partial charge in [-0.1, -0.05) is 76.5 Å². The molecule has 0 aromatic heterocycles. The fourth-order valence-corrected chi connectivity index (χ4v) is 7.95. The zero-order valence-corrected chi connectivity index (χ0v) is 29.3. The molecule has 0 spiro atoms. The first-order chi connectivity index (χ1) is 22.7. The lowest BCUT2D eigenvalue weighted by Crippen LogP contribution is -2.53. The number of alkyl carbamates (subject to hydrolysis) is 1. The fraction of sp³-hybridized carbons (Fsp3) is 0.735. The maximum atomic E-state index is 13.9. The third-order valence-electron chi connectivity index (χ3n) is 8.74. The minimum absolute atomic E-state index is 0.0110. The van der Waals surface area contributed by atoms with Crippen LogP contribution in [0.1, 0.15) is 103 Å². The van der Waals surface area contributed by atoms with Gasteiger partial charge in [0.15, 0.2) is 5.85 Å². The van der Waals surface area contributed by atoms with Crippen LogP contribution in [0.15, 0.2) is 24.3 Å². The summed E-state index contributed by atoms with van der Waals surface area (Å²) in [5, 5.41) is 17.0. The highest BCUT2D eigenvalue weighted by atomic mass is 31.2. The number of hydrogen-bond acceptors (Lipinski definition) is 9. The van der Waals surface area contributed by atoms with Gasteiger partial charge in [-0.25, -0.2) is 4.79 Å². The average molecular weight is 682 g/mol. The van der Waals surface area contributed by atoms with Gasteiger partial charge in [-0.15, -0.1) is 0 Å². The van der Waals surface area contributed by atoms with Gasteiger partial charge in [0.25, 0.3) is 0 Å². The quantitative estimate of drug-likeness (QED) is 0.120. The van der Waals surface area contributed by atoms with Crippen molar-refractivity contribution in [3.8, 4) is 5.75 Å². The Kier molecular flexibility index (Phi) is 17.0. The smallest absolute Gasteiger partial charge is 0.407 e. The number of para-hydroxylation sites is 1.